The van der Waals surface area contributed by atoms with E-state index in [1.165, 1.54) is 18.2 Å². The van der Waals surface area contributed by atoms with E-state index in [9.17, 15) is 26.2 Å². The summed E-state index contributed by atoms with van der Waals surface area (Å²) in [6, 6.07) is 14.3. The molecule has 3 rings (SSSR count). The number of rotatable bonds is 7. The molecule has 1 atom stereocenters. The van der Waals surface area contributed by atoms with Crippen LogP contribution in [0, 0.1) is 0 Å². The van der Waals surface area contributed by atoms with Crippen LogP contribution in [0.2, 0.25) is 10.0 Å². The molecule has 0 amide bonds. The highest BCUT2D eigenvalue weighted by atomic mass is 35.5. The number of benzene rings is 3. The molecule has 0 saturated carbocycles. The third kappa shape index (κ3) is 5.55. The zero-order valence-corrected chi connectivity index (χ0v) is 20.2. The van der Waals surface area contributed by atoms with Gasteiger partial charge in [-0.05, 0) is 55.5 Å². The fourth-order valence-corrected chi connectivity index (χ4v) is 6.80. The van der Waals surface area contributed by atoms with Crippen LogP contribution < -0.4 is 15.3 Å². The van der Waals surface area contributed by atoms with Gasteiger partial charge in [-0.3, -0.25) is 9.29 Å². The molecule has 0 fully saturated rings. The summed E-state index contributed by atoms with van der Waals surface area (Å²) >= 11 is 11.6. The summed E-state index contributed by atoms with van der Waals surface area (Å²) < 4.78 is 87.3. The van der Waals surface area contributed by atoms with E-state index in [1.807, 2.05) is 0 Å². The van der Waals surface area contributed by atoms with Crippen molar-refractivity contribution in [2.75, 3.05) is 11.3 Å². The Bertz CT molecular complexity index is 1320. The minimum absolute atomic E-state index is 0.00599. The smallest absolute Gasteiger partial charge is 0.322 e. The maximum atomic E-state index is 13.9. The highest BCUT2D eigenvalue weighted by Crippen LogP contribution is 2.47. The monoisotopic (exact) mass is 537 g/mol. The second kappa shape index (κ2) is 9.68. The Kier molecular flexibility index (Phi) is 7.51. The minimum Gasteiger partial charge on any atom is -0.322 e. The molecular formula is C21H17Cl2F3NO4PS. The van der Waals surface area contributed by atoms with Gasteiger partial charge in [0.05, 0.1) is 33.1 Å². The van der Waals surface area contributed by atoms with Crippen molar-refractivity contribution in [2.24, 2.45) is 0 Å². The van der Waals surface area contributed by atoms with Gasteiger partial charge in [0.2, 0.25) is 0 Å². The molecule has 3 aromatic carbocycles. The van der Waals surface area contributed by atoms with Crippen LogP contribution in [0.4, 0.5) is 18.9 Å². The van der Waals surface area contributed by atoms with E-state index in [0.717, 1.165) is 12.1 Å². The quantitative estimate of drug-likeness (QED) is 0.371. The first-order valence-corrected chi connectivity index (χ1v) is 13.2. The zero-order chi connectivity index (χ0) is 24.4. The first-order valence-electron chi connectivity index (χ1n) is 9.38. The summed E-state index contributed by atoms with van der Waals surface area (Å²) in [4.78, 5) is -0.684. The summed E-state index contributed by atoms with van der Waals surface area (Å²) in [5.41, 5.74) is -1.49. The first kappa shape index (κ1) is 25.6. The SMILES string of the molecule is CCOP(=O)(c1ccccc1)c1ccc(Cl)cc1NS(=O)(=O)c1ccc(Cl)c(C(F)(F)F)c1. The molecule has 0 heterocycles. The van der Waals surface area contributed by atoms with Gasteiger partial charge in [-0.15, -0.1) is 0 Å². The van der Waals surface area contributed by atoms with Gasteiger partial charge in [0.1, 0.15) is 0 Å². The number of nitrogens with one attached hydrogen (secondary N) is 1. The second-order valence-corrected chi connectivity index (χ2v) is 11.6. The molecule has 1 N–H and O–H groups in total. The van der Waals surface area contributed by atoms with Crippen LogP contribution in [0.1, 0.15) is 12.5 Å². The number of anilines is 1. The van der Waals surface area contributed by atoms with Gasteiger partial charge < -0.3 is 4.52 Å². The van der Waals surface area contributed by atoms with Gasteiger partial charge >= 0.3 is 6.18 Å². The number of hydrogen-bond acceptors (Lipinski definition) is 4. The van der Waals surface area contributed by atoms with Crippen molar-refractivity contribution in [2.45, 2.75) is 18.0 Å². The average Bonchev–Trinajstić information content (AvgIpc) is 2.73. The molecule has 5 nitrogen and oxygen atoms in total. The number of alkyl halides is 3. The molecule has 1 unspecified atom stereocenters. The Hall–Kier alpha value is -2.03. The predicted octanol–water partition coefficient (Wildman–Crippen LogP) is 6.08. The Morgan fingerprint density at radius 3 is 2.27 bits per heavy atom. The third-order valence-electron chi connectivity index (χ3n) is 4.48. The molecule has 0 aliphatic rings. The molecule has 12 heteroatoms. The van der Waals surface area contributed by atoms with E-state index >= 15 is 0 Å². The van der Waals surface area contributed by atoms with Crippen molar-refractivity contribution < 1.29 is 30.7 Å². The van der Waals surface area contributed by atoms with Crippen LogP contribution in [0.15, 0.2) is 71.6 Å². The lowest BCUT2D eigenvalue weighted by Gasteiger charge is -2.22. The Balaban J connectivity index is 2.14. The summed E-state index contributed by atoms with van der Waals surface area (Å²) in [6.07, 6.45) is -4.86. The summed E-state index contributed by atoms with van der Waals surface area (Å²) in [5, 5.41) is -0.233. The van der Waals surface area contributed by atoms with Crippen molar-refractivity contribution >= 4 is 56.9 Å². The lowest BCUT2D eigenvalue weighted by Crippen LogP contribution is -2.24. The fraction of sp³-hybridized carbons (Fsp3) is 0.143. The summed E-state index contributed by atoms with van der Waals surface area (Å²) in [6.45, 7) is 1.68. The van der Waals surface area contributed by atoms with Crippen molar-refractivity contribution in [1.29, 1.82) is 0 Å². The molecule has 3 aromatic rings. The van der Waals surface area contributed by atoms with Crippen LogP contribution >= 0.6 is 30.6 Å². The summed E-state index contributed by atoms with van der Waals surface area (Å²) in [7, 11) is -8.34. The highest BCUT2D eigenvalue weighted by Gasteiger charge is 2.36. The molecule has 0 aliphatic heterocycles. The van der Waals surface area contributed by atoms with E-state index in [4.69, 9.17) is 27.7 Å². The van der Waals surface area contributed by atoms with Gasteiger partial charge in [-0.2, -0.15) is 13.2 Å². The molecule has 0 radical (unpaired) electrons. The van der Waals surface area contributed by atoms with Crippen molar-refractivity contribution in [3.63, 3.8) is 0 Å². The normalized spacial score (nSPS) is 14.0. The minimum atomic E-state index is -4.86. The average molecular weight is 538 g/mol. The predicted molar refractivity (Wildman–Crippen MR) is 124 cm³/mol. The van der Waals surface area contributed by atoms with E-state index in [0.29, 0.717) is 11.4 Å². The molecule has 0 spiro atoms. The van der Waals surface area contributed by atoms with Gasteiger partial charge in [0, 0.05) is 10.3 Å². The van der Waals surface area contributed by atoms with Crippen molar-refractivity contribution in [1.82, 2.24) is 0 Å². The summed E-state index contributed by atoms with van der Waals surface area (Å²) in [5.74, 6) is 0. The molecule has 0 bridgehead atoms. The van der Waals surface area contributed by atoms with Crippen molar-refractivity contribution in [3.05, 3.63) is 82.3 Å². The number of halogens is 5. The van der Waals surface area contributed by atoms with Gasteiger partial charge in [-0.1, -0.05) is 41.4 Å². The Morgan fingerprint density at radius 2 is 1.67 bits per heavy atom. The fourth-order valence-electron chi connectivity index (χ4n) is 3.03. The molecule has 0 aromatic heterocycles. The second-order valence-electron chi connectivity index (χ2n) is 6.71. The molecule has 33 heavy (non-hydrogen) atoms. The topological polar surface area (TPSA) is 72.5 Å². The highest BCUT2D eigenvalue weighted by molar-refractivity contribution is 7.92. The van der Waals surface area contributed by atoms with Crippen LogP contribution in [-0.4, -0.2) is 15.0 Å². The Labute approximate surface area is 199 Å². The maximum absolute atomic E-state index is 13.9. The number of sulfonamides is 1. The van der Waals surface area contributed by atoms with Crippen LogP contribution in [0.5, 0.6) is 0 Å². The lowest BCUT2D eigenvalue weighted by molar-refractivity contribution is -0.137. The van der Waals surface area contributed by atoms with E-state index in [-0.39, 0.29) is 22.6 Å². The molecule has 0 saturated heterocycles. The van der Waals surface area contributed by atoms with Crippen molar-refractivity contribution in [3.8, 4) is 0 Å². The first-order chi connectivity index (χ1) is 15.4. The zero-order valence-electron chi connectivity index (χ0n) is 16.9. The van der Waals surface area contributed by atoms with Gasteiger partial charge in [-0.25, -0.2) is 8.42 Å². The molecular weight excluding hydrogens is 521 g/mol. The third-order valence-corrected chi connectivity index (χ3v) is 9.03. The van der Waals surface area contributed by atoms with Crippen LogP contribution in [0.3, 0.4) is 0 Å². The Morgan fingerprint density at radius 1 is 1.00 bits per heavy atom. The van der Waals surface area contributed by atoms with E-state index in [1.54, 1.807) is 37.3 Å². The van der Waals surface area contributed by atoms with E-state index < -0.39 is 39.0 Å². The maximum Gasteiger partial charge on any atom is 0.417 e. The molecule has 176 valence electrons. The standard InChI is InChI=1S/C21H17Cl2F3NO4PS/c1-2-31-32(28,15-6-4-3-5-7-15)20-11-8-14(22)12-19(20)27-33(29,30)16-9-10-18(23)17(13-16)21(24,25)26/h3-13,27H,2H2,1H3. The van der Waals surface area contributed by atoms with Gasteiger partial charge in [0.15, 0.2) is 0 Å². The largest absolute Gasteiger partial charge is 0.417 e. The molecule has 0 aliphatic carbocycles. The van der Waals surface area contributed by atoms with Crippen LogP contribution in [0.25, 0.3) is 0 Å². The van der Waals surface area contributed by atoms with Crippen LogP contribution in [-0.2, 0) is 25.3 Å². The lowest BCUT2D eigenvalue weighted by atomic mass is 10.2. The van der Waals surface area contributed by atoms with Gasteiger partial charge in [0.25, 0.3) is 17.4 Å². The van der Waals surface area contributed by atoms with E-state index in [2.05, 4.69) is 4.72 Å². The number of hydrogen-bond donors (Lipinski definition) is 1.